The van der Waals surface area contributed by atoms with Gasteiger partial charge in [0, 0.05) is 12.6 Å². The monoisotopic (exact) mass is 212 g/mol. The molecule has 0 aromatic heterocycles. The summed E-state index contributed by atoms with van der Waals surface area (Å²) in [5.74, 6) is 0.866. The van der Waals surface area contributed by atoms with Crippen molar-refractivity contribution in [1.82, 2.24) is 5.32 Å². The van der Waals surface area contributed by atoms with Gasteiger partial charge in [-0.2, -0.15) is 0 Å². The highest BCUT2D eigenvalue weighted by Crippen LogP contribution is 2.29. The quantitative estimate of drug-likeness (QED) is 0.703. The third-order valence-electron chi connectivity index (χ3n) is 3.52. The van der Waals surface area contributed by atoms with Crippen LogP contribution in [0.3, 0.4) is 0 Å². The third kappa shape index (κ3) is 3.49. The lowest BCUT2D eigenvalue weighted by molar-refractivity contribution is -0.126. The first-order valence-electron chi connectivity index (χ1n) is 6.19. The van der Waals surface area contributed by atoms with E-state index in [9.17, 15) is 4.79 Å². The number of amides is 1. The standard InChI is InChI=1S/C12H24N2O/c1-3-5-11(8-13)12(15)14-9(2)10-6-4-7-10/h9-11H,3-8,13H2,1-2H3,(H,14,15). The van der Waals surface area contributed by atoms with Crippen LogP contribution < -0.4 is 11.1 Å². The van der Waals surface area contributed by atoms with Crippen LogP contribution in [0, 0.1) is 11.8 Å². The maximum atomic E-state index is 11.8. The molecule has 15 heavy (non-hydrogen) atoms. The van der Waals surface area contributed by atoms with Gasteiger partial charge < -0.3 is 11.1 Å². The Hall–Kier alpha value is -0.570. The van der Waals surface area contributed by atoms with Gasteiger partial charge in [-0.15, -0.1) is 0 Å². The van der Waals surface area contributed by atoms with E-state index in [0.29, 0.717) is 18.5 Å². The minimum atomic E-state index is 0.0116. The summed E-state index contributed by atoms with van der Waals surface area (Å²) >= 11 is 0. The lowest BCUT2D eigenvalue weighted by Gasteiger charge is -2.32. The van der Waals surface area contributed by atoms with E-state index in [-0.39, 0.29) is 11.8 Å². The zero-order valence-corrected chi connectivity index (χ0v) is 9.96. The van der Waals surface area contributed by atoms with E-state index < -0.39 is 0 Å². The summed E-state index contributed by atoms with van der Waals surface area (Å²) in [6.45, 7) is 4.67. The Labute approximate surface area is 92.8 Å². The highest BCUT2D eigenvalue weighted by molar-refractivity contribution is 5.79. The van der Waals surface area contributed by atoms with Gasteiger partial charge in [0.2, 0.25) is 5.91 Å². The maximum absolute atomic E-state index is 11.8. The highest BCUT2D eigenvalue weighted by Gasteiger charge is 2.26. The van der Waals surface area contributed by atoms with Crippen molar-refractivity contribution in [2.24, 2.45) is 17.6 Å². The number of nitrogens with two attached hydrogens (primary N) is 1. The predicted octanol–water partition coefficient (Wildman–Crippen LogP) is 1.67. The van der Waals surface area contributed by atoms with E-state index in [1.165, 1.54) is 19.3 Å². The van der Waals surface area contributed by atoms with Crippen LogP contribution in [0.25, 0.3) is 0 Å². The van der Waals surface area contributed by atoms with E-state index in [4.69, 9.17) is 5.73 Å². The van der Waals surface area contributed by atoms with E-state index >= 15 is 0 Å². The predicted molar refractivity (Wildman–Crippen MR) is 62.4 cm³/mol. The van der Waals surface area contributed by atoms with Crippen LogP contribution >= 0.6 is 0 Å². The van der Waals surface area contributed by atoms with Gasteiger partial charge in [-0.05, 0) is 32.1 Å². The second kappa shape index (κ2) is 6.11. The number of rotatable bonds is 6. The van der Waals surface area contributed by atoms with Crippen LogP contribution in [0.2, 0.25) is 0 Å². The van der Waals surface area contributed by atoms with Gasteiger partial charge in [-0.1, -0.05) is 19.8 Å². The smallest absolute Gasteiger partial charge is 0.224 e. The topological polar surface area (TPSA) is 55.1 Å². The van der Waals surface area contributed by atoms with Crippen LogP contribution in [0.5, 0.6) is 0 Å². The first-order valence-corrected chi connectivity index (χ1v) is 6.19. The number of carbonyl (C=O) groups excluding carboxylic acids is 1. The molecule has 1 aliphatic rings. The highest BCUT2D eigenvalue weighted by atomic mass is 16.1. The lowest BCUT2D eigenvalue weighted by Crippen LogP contribution is -2.44. The molecule has 1 aliphatic carbocycles. The molecule has 1 amide bonds. The van der Waals surface area contributed by atoms with Crippen molar-refractivity contribution < 1.29 is 4.79 Å². The van der Waals surface area contributed by atoms with Crippen molar-refractivity contribution in [3.05, 3.63) is 0 Å². The number of nitrogens with one attached hydrogen (secondary N) is 1. The molecule has 3 N–H and O–H groups in total. The molecule has 0 bridgehead atoms. The molecule has 0 heterocycles. The van der Waals surface area contributed by atoms with Gasteiger partial charge in [0.05, 0.1) is 5.92 Å². The minimum absolute atomic E-state index is 0.0116. The molecule has 1 fully saturated rings. The second-order valence-corrected chi connectivity index (χ2v) is 4.71. The zero-order valence-electron chi connectivity index (χ0n) is 9.96. The van der Waals surface area contributed by atoms with Crippen LogP contribution in [0.1, 0.15) is 46.0 Å². The third-order valence-corrected chi connectivity index (χ3v) is 3.52. The summed E-state index contributed by atoms with van der Waals surface area (Å²) in [7, 11) is 0. The molecule has 2 unspecified atom stereocenters. The van der Waals surface area contributed by atoms with Crippen molar-refractivity contribution in [2.45, 2.75) is 52.0 Å². The average molecular weight is 212 g/mol. The largest absolute Gasteiger partial charge is 0.353 e. The zero-order chi connectivity index (χ0) is 11.3. The Morgan fingerprint density at radius 2 is 2.20 bits per heavy atom. The van der Waals surface area contributed by atoms with Crippen molar-refractivity contribution in [3.63, 3.8) is 0 Å². The number of hydrogen-bond acceptors (Lipinski definition) is 2. The molecule has 0 aromatic carbocycles. The molecule has 2 atom stereocenters. The Morgan fingerprint density at radius 3 is 2.60 bits per heavy atom. The fraction of sp³-hybridized carbons (Fsp3) is 0.917. The number of hydrogen-bond donors (Lipinski definition) is 2. The molecule has 3 heteroatoms. The Bertz CT molecular complexity index is 202. The Morgan fingerprint density at radius 1 is 1.53 bits per heavy atom. The van der Waals surface area contributed by atoms with Gasteiger partial charge >= 0.3 is 0 Å². The van der Waals surface area contributed by atoms with Crippen LogP contribution in [-0.2, 0) is 4.79 Å². The van der Waals surface area contributed by atoms with Gasteiger partial charge in [0.15, 0.2) is 0 Å². The first kappa shape index (κ1) is 12.5. The van der Waals surface area contributed by atoms with Crippen molar-refractivity contribution in [2.75, 3.05) is 6.54 Å². The fourth-order valence-corrected chi connectivity index (χ4v) is 2.10. The summed E-state index contributed by atoms with van der Waals surface area (Å²) in [4.78, 5) is 11.8. The molecule has 0 saturated heterocycles. The van der Waals surface area contributed by atoms with Crippen LogP contribution in [-0.4, -0.2) is 18.5 Å². The summed E-state index contributed by atoms with van der Waals surface area (Å²) in [5.41, 5.74) is 5.60. The summed E-state index contributed by atoms with van der Waals surface area (Å²) in [6, 6.07) is 0.331. The van der Waals surface area contributed by atoms with E-state index in [0.717, 1.165) is 12.8 Å². The minimum Gasteiger partial charge on any atom is -0.353 e. The van der Waals surface area contributed by atoms with Crippen molar-refractivity contribution in [3.8, 4) is 0 Å². The van der Waals surface area contributed by atoms with Crippen molar-refractivity contribution >= 4 is 5.91 Å². The first-order chi connectivity index (χ1) is 7.19. The van der Waals surface area contributed by atoms with Gasteiger partial charge in [0.25, 0.3) is 0 Å². The second-order valence-electron chi connectivity index (χ2n) is 4.71. The van der Waals surface area contributed by atoms with Gasteiger partial charge in [-0.3, -0.25) is 4.79 Å². The molecule has 0 radical (unpaired) electrons. The molecular formula is C12H24N2O. The van der Waals surface area contributed by atoms with E-state index in [1.807, 2.05) is 0 Å². The van der Waals surface area contributed by atoms with Crippen molar-refractivity contribution in [1.29, 1.82) is 0 Å². The molecule has 1 rings (SSSR count). The van der Waals surface area contributed by atoms with E-state index in [2.05, 4.69) is 19.2 Å². The molecular weight excluding hydrogens is 188 g/mol. The lowest BCUT2D eigenvalue weighted by atomic mass is 9.80. The molecule has 88 valence electrons. The normalized spacial score (nSPS) is 20.5. The Balaban J connectivity index is 2.31. The molecule has 0 spiro atoms. The van der Waals surface area contributed by atoms with Crippen LogP contribution in [0.15, 0.2) is 0 Å². The summed E-state index contributed by atoms with van der Waals surface area (Å²) < 4.78 is 0. The van der Waals surface area contributed by atoms with Gasteiger partial charge in [-0.25, -0.2) is 0 Å². The van der Waals surface area contributed by atoms with Gasteiger partial charge in [0.1, 0.15) is 0 Å². The fourth-order valence-electron chi connectivity index (χ4n) is 2.10. The van der Waals surface area contributed by atoms with Crippen LogP contribution in [0.4, 0.5) is 0 Å². The Kier molecular flexibility index (Phi) is 5.09. The summed E-state index contributed by atoms with van der Waals surface area (Å²) in [5, 5.41) is 3.10. The molecule has 1 saturated carbocycles. The summed E-state index contributed by atoms with van der Waals surface area (Å²) in [6.07, 6.45) is 5.78. The molecule has 3 nitrogen and oxygen atoms in total. The number of carbonyl (C=O) groups is 1. The molecule has 0 aliphatic heterocycles. The average Bonchev–Trinajstić information content (AvgIpc) is 2.10. The SMILES string of the molecule is CCCC(CN)C(=O)NC(C)C1CCC1. The van der Waals surface area contributed by atoms with E-state index in [1.54, 1.807) is 0 Å². The maximum Gasteiger partial charge on any atom is 0.224 e. The molecule has 0 aromatic rings.